The molecule has 5 rings (SSSR count). The van der Waals surface area contributed by atoms with E-state index in [2.05, 4.69) is 50.1 Å². The minimum atomic E-state index is -1.24. The molecule has 1 N–H and O–H groups in total. The molecule has 2 unspecified atom stereocenters. The molecule has 3 heterocycles. The number of carbonyl (C=O) groups is 1. The molecule has 0 aliphatic carbocycles. The van der Waals surface area contributed by atoms with E-state index < -0.39 is 17.7 Å². The predicted molar refractivity (Wildman–Crippen MR) is 191 cm³/mol. The average Bonchev–Trinajstić information content (AvgIpc) is 3.46. The Morgan fingerprint density at radius 2 is 1.79 bits per heavy atom. The van der Waals surface area contributed by atoms with Gasteiger partial charge in [-0.15, -0.1) is 6.58 Å². The second kappa shape index (κ2) is 13.9. The lowest BCUT2D eigenvalue weighted by atomic mass is 9.92. The van der Waals surface area contributed by atoms with E-state index in [1.165, 1.54) is 0 Å². The maximum atomic E-state index is 12.8. The minimum absolute atomic E-state index is 0.145. The summed E-state index contributed by atoms with van der Waals surface area (Å²) in [6.45, 7) is 23.0. The number of benzene rings is 2. The van der Waals surface area contributed by atoms with Crippen LogP contribution in [0.15, 0.2) is 73.8 Å². The van der Waals surface area contributed by atoms with Crippen molar-refractivity contribution >= 4 is 17.4 Å². The van der Waals surface area contributed by atoms with Crippen LogP contribution in [0, 0.1) is 13.8 Å². The highest BCUT2D eigenvalue weighted by Crippen LogP contribution is 2.39. The van der Waals surface area contributed by atoms with Crippen LogP contribution in [-0.2, 0) is 14.3 Å². The van der Waals surface area contributed by atoms with Crippen molar-refractivity contribution in [2.75, 3.05) is 24.6 Å². The van der Waals surface area contributed by atoms with Crippen molar-refractivity contribution in [3.05, 3.63) is 90.7 Å². The van der Waals surface area contributed by atoms with Gasteiger partial charge in [0.1, 0.15) is 17.7 Å². The molecule has 9 heteroatoms. The molecule has 2 aromatic carbocycles. The van der Waals surface area contributed by atoms with E-state index in [0.717, 1.165) is 46.5 Å². The first-order valence-corrected chi connectivity index (χ1v) is 16.5. The number of aliphatic carboxylic acids is 1. The second-order valence-electron chi connectivity index (χ2n) is 13.9. The summed E-state index contributed by atoms with van der Waals surface area (Å²) in [4.78, 5) is 19.9. The van der Waals surface area contributed by atoms with Gasteiger partial charge in [0, 0.05) is 36.0 Å². The van der Waals surface area contributed by atoms with Crippen LogP contribution in [0.4, 0.5) is 5.82 Å². The van der Waals surface area contributed by atoms with Gasteiger partial charge in [-0.3, -0.25) is 0 Å². The molecule has 48 heavy (non-hydrogen) atoms. The molecule has 1 saturated heterocycles. The minimum Gasteiger partial charge on any atom is -0.486 e. The van der Waals surface area contributed by atoms with Crippen molar-refractivity contribution in [2.45, 2.75) is 84.7 Å². The van der Waals surface area contributed by atoms with Crippen LogP contribution in [0.3, 0.4) is 0 Å². The highest BCUT2D eigenvalue weighted by atomic mass is 16.5. The summed E-state index contributed by atoms with van der Waals surface area (Å²) in [5, 5.41) is 15.6. The number of carboxylic acids is 1. The highest BCUT2D eigenvalue weighted by Gasteiger charge is 2.37. The summed E-state index contributed by atoms with van der Waals surface area (Å²) in [7, 11) is 0. The molecular weight excluding hydrogens is 604 g/mol. The van der Waals surface area contributed by atoms with Crippen LogP contribution >= 0.6 is 0 Å². The third-order valence-corrected chi connectivity index (χ3v) is 8.68. The second-order valence-corrected chi connectivity index (χ2v) is 13.9. The molecule has 254 valence electrons. The van der Waals surface area contributed by atoms with E-state index in [1.807, 2.05) is 65.0 Å². The van der Waals surface area contributed by atoms with Gasteiger partial charge in [-0.05, 0) is 85.1 Å². The fraction of sp³-hybridized carbons (Fsp3) is 0.410. The largest absolute Gasteiger partial charge is 0.486 e. The summed E-state index contributed by atoms with van der Waals surface area (Å²) in [5.74, 6) is 0.376. The zero-order valence-electron chi connectivity index (χ0n) is 29.2. The molecule has 0 saturated carbocycles. The normalized spacial score (nSPS) is 16.0. The Morgan fingerprint density at radius 3 is 2.44 bits per heavy atom. The van der Waals surface area contributed by atoms with Crippen LogP contribution < -0.4 is 9.64 Å². The lowest BCUT2D eigenvalue weighted by Crippen LogP contribution is -2.45. The van der Waals surface area contributed by atoms with Crippen molar-refractivity contribution in [1.82, 2.24) is 14.6 Å². The lowest BCUT2D eigenvalue weighted by Gasteiger charge is -2.41. The first-order chi connectivity index (χ1) is 22.7. The SMILES string of the molecule is C=CCOC1(C)CCN(c2c(C(OC(C)(C)C)C(=O)O)c(C)nc3cc(-c4cccc(-c5cc(C)ccc5OC(C)C=C)c4)nn23)CC1. The molecule has 9 nitrogen and oxygen atoms in total. The average molecular weight is 653 g/mol. The van der Waals surface area contributed by atoms with Gasteiger partial charge < -0.3 is 24.2 Å². The Labute approximate surface area is 283 Å². The number of carboxylic acid groups (broad SMARTS) is 1. The highest BCUT2D eigenvalue weighted by molar-refractivity contribution is 5.80. The monoisotopic (exact) mass is 652 g/mol. The summed E-state index contributed by atoms with van der Waals surface area (Å²) >= 11 is 0. The van der Waals surface area contributed by atoms with Gasteiger partial charge in [0.15, 0.2) is 11.8 Å². The Hall–Kier alpha value is -4.47. The molecular formula is C39H48N4O5. The molecule has 0 bridgehead atoms. The van der Waals surface area contributed by atoms with Gasteiger partial charge in [-0.2, -0.15) is 9.61 Å². The molecule has 1 fully saturated rings. The van der Waals surface area contributed by atoms with Crippen molar-refractivity contribution in [1.29, 1.82) is 0 Å². The van der Waals surface area contributed by atoms with E-state index in [-0.39, 0.29) is 11.7 Å². The zero-order chi connectivity index (χ0) is 34.8. The summed E-state index contributed by atoms with van der Waals surface area (Å²) in [5.41, 5.74) is 5.40. The van der Waals surface area contributed by atoms with Gasteiger partial charge in [0.05, 0.1) is 29.1 Å². The number of ether oxygens (including phenoxy) is 3. The molecule has 1 aliphatic rings. The van der Waals surface area contributed by atoms with Crippen LogP contribution in [0.2, 0.25) is 0 Å². The first-order valence-electron chi connectivity index (χ1n) is 16.5. The number of hydrogen-bond donors (Lipinski definition) is 1. The van der Waals surface area contributed by atoms with Gasteiger partial charge in [0.2, 0.25) is 0 Å². The molecule has 0 radical (unpaired) electrons. The number of hydrogen-bond acceptors (Lipinski definition) is 7. The fourth-order valence-electron chi connectivity index (χ4n) is 6.12. The summed E-state index contributed by atoms with van der Waals surface area (Å²) in [6, 6.07) is 16.3. The molecule has 0 amide bonds. The van der Waals surface area contributed by atoms with Gasteiger partial charge in [0.25, 0.3) is 0 Å². The number of piperidine rings is 1. The molecule has 1 aliphatic heterocycles. The van der Waals surface area contributed by atoms with Crippen molar-refractivity contribution in [2.24, 2.45) is 0 Å². The maximum Gasteiger partial charge on any atom is 0.337 e. The van der Waals surface area contributed by atoms with Gasteiger partial charge in [-0.25, -0.2) is 9.78 Å². The van der Waals surface area contributed by atoms with E-state index >= 15 is 0 Å². The van der Waals surface area contributed by atoms with Crippen molar-refractivity contribution in [3.63, 3.8) is 0 Å². The Kier molecular flexibility index (Phi) is 10.1. The standard InChI is InChI=1S/C39H48N4O5/c1-10-21-46-39(9)17-19-42(20-18-39)36-34(35(37(44)45)48-38(6,7)8)27(5)40-33-24-31(41-43(33)36)29-14-12-13-28(23-29)30-22-25(3)15-16-32(30)47-26(4)11-2/h10-16,22-24,26,35H,1-2,17-21H2,3-9H3,(H,44,45). The van der Waals surface area contributed by atoms with Crippen molar-refractivity contribution < 1.29 is 24.1 Å². The molecule has 0 spiro atoms. The number of nitrogens with zero attached hydrogens (tertiary/aromatic N) is 4. The quantitative estimate of drug-likeness (QED) is 0.153. The molecule has 2 aromatic heterocycles. The number of fused-ring (bicyclic) bond motifs is 1. The van der Waals surface area contributed by atoms with E-state index in [4.69, 9.17) is 24.3 Å². The fourth-order valence-corrected chi connectivity index (χ4v) is 6.12. The molecule has 2 atom stereocenters. The Balaban J connectivity index is 1.64. The maximum absolute atomic E-state index is 12.8. The van der Waals surface area contributed by atoms with Crippen LogP contribution in [0.5, 0.6) is 5.75 Å². The number of rotatable bonds is 12. The van der Waals surface area contributed by atoms with E-state index in [1.54, 1.807) is 16.7 Å². The van der Waals surface area contributed by atoms with E-state index in [9.17, 15) is 9.90 Å². The zero-order valence-corrected chi connectivity index (χ0v) is 29.2. The predicted octanol–water partition coefficient (Wildman–Crippen LogP) is 8.14. The smallest absolute Gasteiger partial charge is 0.337 e. The lowest BCUT2D eigenvalue weighted by molar-refractivity contribution is -0.160. The van der Waals surface area contributed by atoms with Gasteiger partial charge in [-0.1, -0.05) is 48.6 Å². The third-order valence-electron chi connectivity index (χ3n) is 8.68. The van der Waals surface area contributed by atoms with Crippen LogP contribution in [0.1, 0.15) is 70.4 Å². The van der Waals surface area contributed by atoms with Gasteiger partial charge >= 0.3 is 5.97 Å². The summed E-state index contributed by atoms with van der Waals surface area (Å²) in [6.07, 6.45) is 3.66. The van der Waals surface area contributed by atoms with Crippen LogP contribution in [-0.4, -0.2) is 62.7 Å². The van der Waals surface area contributed by atoms with Crippen LogP contribution in [0.25, 0.3) is 28.0 Å². The summed E-state index contributed by atoms with van der Waals surface area (Å²) < 4.78 is 20.3. The number of aromatic nitrogens is 3. The van der Waals surface area contributed by atoms with Crippen molar-refractivity contribution in [3.8, 4) is 28.1 Å². The topological polar surface area (TPSA) is 98.4 Å². The number of aryl methyl sites for hydroxylation is 2. The molecule has 4 aromatic rings. The first kappa shape index (κ1) is 34.9. The Morgan fingerprint density at radius 1 is 1.08 bits per heavy atom. The van der Waals surface area contributed by atoms with E-state index in [0.29, 0.717) is 42.4 Å². The third kappa shape index (κ3) is 7.63. The number of anilines is 1. The Bertz CT molecular complexity index is 1810.